The summed E-state index contributed by atoms with van der Waals surface area (Å²) in [5, 5.41) is 9.58. The van der Waals surface area contributed by atoms with E-state index in [1.54, 1.807) is 63.9 Å². The predicted octanol–water partition coefficient (Wildman–Crippen LogP) is 5.85. The van der Waals surface area contributed by atoms with Crippen LogP contribution in [0.1, 0.15) is 11.1 Å². The first-order valence-corrected chi connectivity index (χ1v) is 13.0. The van der Waals surface area contributed by atoms with E-state index < -0.39 is 0 Å². The van der Waals surface area contributed by atoms with Crippen LogP contribution in [-0.2, 0) is 7.05 Å². The maximum atomic E-state index is 13.2. The van der Waals surface area contributed by atoms with Crippen LogP contribution in [0.2, 0.25) is 0 Å². The quantitative estimate of drug-likeness (QED) is 0.217. The molecule has 2 heterocycles. The summed E-state index contributed by atoms with van der Waals surface area (Å²) in [6.07, 6.45) is 1.71. The van der Waals surface area contributed by atoms with E-state index in [1.165, 1.54) is 4.57 Å². The molecule has 3 aromatic carbocycles. The van der Waals surface area contributed by atoms with Gasteiger partial charge in [-0.3, -0.25) is 4.79 Å². The Morgan fingerprint density at radius 2 is 1.59 bits per heavy atom. The Morgan fingerprint density at radius 1 is 0.902 bits per heavy atom. The lowest BCUT2D eigenvalue weighted by Crippen LogP contribution is -2.15. The molecule has 41 heavy (non-hydrogen) atoms. The largest absolute Gasteiger partial charge is 0.493 e. The van der Waals surface area contributed by atoms with Crippen molar-refractivity contribution < 1.29 is 28.5 Å². The molecule has 0 aliphatic carbocycles. The summed E-state index contributed by atoms with van der Waals surface area (Å²) in [5.41, 5.74) is 10.8. The van der Waals surface area contributed by atoms with Crippen LogP contribution in [0.5, 0.6) is 28.7 Å². The van der Waals surface area contributed by atoms with Crippen molar-refractivity contribution in [2.24, 2.45) is 7.05 Å². The van der Waals surface area contributed by atoms with Gasteiger partial charge < -0.3 is 38.8 Å². The Labute approximate surface area is 237 Å². The lowest BCUT2D eigenvalue weighted by atomic mass is 10.0. The van der Waals surface area contributed by atoms with Crippen molar-refractivity contribution in [3.63, 3.8) is 0 Å². The number of aliphatic hydroxyl groups is 1. The number of anilines is 1. The SMILES string of the molecule is COc1cccc(OC)c1Oc1ccc(N)cc1-c1cn(C)c(=O)c2cc(-c3cc(C)c(OCCO)c(C)c3)oc12. The number of benzene rings is 3. The molecular formula is C32H32N2O7. The zero-order valence-electron chi connectivity index (χ0n) is 23.6. The molecular weight excluding hydrogens is 524 g/mol. The molecule has 0 aliphatic rings. The summed E-state index contributed by atoms with van der Waals surface area (Å²) < 4.78 is 31.0. The molecule has 5 rings (SSSR count). The molecule has 3 N–H and O–H groups in total. The van der Waals surface area contributed by atoms with Crippen molar-refractivity contribution in [2.45, 2.75) is 13.8 Å². The molecule has 2 aromatic heterocycles. The number of rotatable bonds is 9. The molecule has 0 atom stereocenters. The summed E-state index contributed by atoms with van der Waals surface area (Å²) >= 11 is 0. The van der Waals surface area contributed by atoms with Crippen molar-refractivity contribution in [3.8, 4) is 51.2 Å². The second-order valence-corrected chi connectivity index (χ2v) is 9.67. The van der Waals surface area contributed by atoms with Gasteiger partial charge in [-0.05, 0) is 73.5 Å². The molecule has 9 heteroatoms. The minimum Gasteiger partial charge on any atom is -0.493 e. The number of fused-ring (bicyclic) bond motifs is 1. The smallest absolute Gasteiger partial charge is 0.261 e. The highest BCUT2D eigenvalue weighted by molar-refractivity contribution is 5.96. The molecule has 212 valence electrons. The number of furan rings is 1. The van der Waals surface area contributed by atoms with E-state index >= 15 is 0 Å². The van der Waals surface area contributed by atoms with Gasteiger partial charge >= 0.3 is 0 Å². The van der Waals surface area contributed by atoms with Crippen molar-refractivity contribution in [1.29, 1.82) is 0 Å². The van der Waals surface area contributed by atoms with Crippen LogP contribution in [0.4, 0.5) is 5.69 Å². The summed E-state index contributed by atoms with van der Waals surface area (Å²) in [7, 11) is 4.80. The number of hydrogen-bond donors (Lipinski definition) is 2. The van der Waals surface area contributed by atoms with E-state index in [0.29, 0.717) is 62.3 Å². The van der Waals surface area contributed by atoms with Crippen LogP contribution >= 0.6 is 0 Å². The van der Waals surface area contributed by atoms with Gasteiger partial charge in [-0.2, -0.15) is 0 Å². The molecule has 0 fully saturated rings. The molecule has 0 saturated heterocycles. The van der Waals surface area contributed by atoms with E-state index in [9.17, 15) is 4.79 Å². The Kier molecular flexibility index (Phi) is 7.63. The highest BCUT2D eigenvalue weighted by Crippen LogP contribution is 2.45. The number of nitrogen functional groups attached to an aromatic ring is 1. The molecule has 0 amide bonds. The second-order valence-electron chi connectivity index (χ2n) is 9.67. The van der Waals surface area contributed by atoms with Crippen molar-refractivity contribution >= 4 is 16.7 Å². The van der Waals surface area contributed by atoms with E-state index in [0.717, 1.165) is 16.7 Å². The average Bonchev–Trinajstić information content (AvgIpc) is 3.41. The number of methoxy groups -OCH3 is 2. The molecule has 0 unspecified atom stereocenters. The Morgan fingerprint density at radius 3 is 2.22 bits per heavy atom. The fourth-order valence-electron chi connectivity index (χ4n) is 4.93. The van der Waals surface area contributed by atoms with E-state index in [4.69, 9.17) is 34.2 Å². The zero-order valence-corrected chi connectivity index (χ0v) is 23.6. The van der Waals surface area contributed by atoms with Crippen LogP contribution in [0.3, 0.4) is 0 Å². The summed E-state index contributed by atoms with van der Waals surface area (Å²) in [4.78, 5) is 13.2. The average molecular weight is 557 g/mol. The van der Waals surface area contributed by atoms with Gasteiger partial charge in [-0.15, -0.1) is 0 Å². The third-order valence-electron chi connectivity index (χ3n) is 6.82. The zero-order chi connectivity index (χ0) is 29.3. The van der Waals surface area contributed by atoms with Gasteiger partial charge in [0.1, 0.15) is 29.4 Å². The third-order valence-corrected chi connectivity index (χ3v) is 6.82. The lowest BCUT2D eigenvalue weighted by Gasteiger charge is -2.17. The first kappa shape index (κ1) is 27.7. The molecule has 5 aromatic rings. The molecule has 0 radical (unpaired) electrons. The lowest BCUT2D eigenvalue weighted by molar-refractivity contribution is 0.200. The van der Waals surface area contributed by atoms with Gasteiger partial charge in [0.2, 0.25) is 5.75 Å². The normalized spacial score (nSPS) is 11.1. The predicted molar refractivity (Wildman–Crippen MR) is 158 cm³/mol. The molecule has 9 nitrogen and oxygen atoms in total. The van der Waals surface area contributed by atoms with E-state index in [1.807, 2.05) is 32.0 Å². The number of nitrogens with zero attached hydrogens (tertiary/aromatic N) is 1. The minimum atomic E-state index is -0.201. The summed E-state index contributed by atoms with van der Waals surface area (Å²) in [6.45, 7) is 3.99. The highest BCUT2D eigenvalue weighted by atomic mass is 16.5. The van der Waals surface area contributed by atoms with Crippen LogP contribution in [0.15, 0.2) is 70.0 Å². The number of nitrogens with two attached hydrogens (primary N) is 1. The number of aliphatic hydroxyl groups excluding tert-OH is 1. The van der Waals surface area contributed by atoms with Crippen LogP contribution < -0.4 is 30.2 Å². The Bertz CT molecular complexity index is 1760. The monoisotopic (exact) mass is 556 g/mol. The maximum absolute atomic E-state index is 13.2. The van der Waals surface area contributed by atoms with Gasteiger partial charge in [-0.1, -0.05) is 6.07 Å². The van der Waals surface area contributed by atoms with Crippen molar-refractivity contribution in [2.75, 3.05) is 33.2 Å². The number of para-hydroxylation sites is 1. The van der Waals surface area contributed by atoms with E-state index in [-0.39, 0.29) is 18.8 Å². The Balaban J connectivity index is 1.68. The first-order chi connectivity index (χ1) is 19.7. The number of pyridine rings is 1. The fraction of sp³-hybridized carbons (Fsp3) is 0.219. The van der Waals surface area contributed by atoms with Crippen LogP contribution in [0.25, 0.3) is 33.4 Å². The van der Waals surface area contributed by atoms with Gasteiger partial charge in [0.15, 0.2) is 11.5 Å². The highest BCUT2D eigenvalue weighted by Gasteiger charge is 2.22. The first-order valence-electron chi connectivity index (χ1n) is 13.0. The second kappa shape index (κ2) is 11.3. The van der Waals surface area contributed by atoms with E-state index in [2.05, 4.69) is 0 Å². The summed E-state index contributed by atoms with van der Waals surface area (Å²) in [5.74, 6) is 3.10. The van der Waals surface area contributed by atoms with Gasteiger partial charge in [0, 0.05) is 35.6 Å². The van der Waals surface area contributed by atoms with Gasteiger partial charge in [0.25, 0.3) is 5.56 Å². The van der Waals surface area contributed by atoms with Crippen molar-refractivity contribution in [3.05, 3.63) is 82.3 Å². The Hall–Kier alpha value is -4.89. The number of ether oxygens (including phenoxy) is 4. The molecule has 0 aliphatic heterocycles. The molecule has 0 bridgehead atoms. The molecule has 0 saturated carbocycles. The van der Waals surface area contributed by atoms with Crippen LogP contribution in [-0.4, -0.2) is 37.1 Å². The van der Waals surface area contributed by atoms with Gasteiger partial charge in [-0.25, -0.2) is 0 Å². The third kappa shape index (κ3) is 5.19. The maximum Gasteiger partial charge on any atom is 0.261 e. The molecule has 0 spiro atoms. The standard InChI is InChI=1S/C32H32N2O7/c1-18-13-20(14-19(2)29(18)39-12-11-35)28-16-23-30(41-28)24(17-34(3)32(23)36)22-15-21(33)9-10-25(22)40-31-26(37-4)7-6-8-27(31)38-5/h6-10,13-17,35H,11-12,33H2,1-5H3. The van der Waals surface area contributed by atoms with Crippen LogP contribution in [0, 0.1) is 13.8 Å². The number of aryl methyl sites for hydroxylation is 3. The minimum absolute atomic E-state index is 0.0736. The number of aromatic nitrogens is 1. The number of hydrogen-bond acceptors (Lipinski definition) is 8. The van der Waals surface area contributed by atoms with Crippen molar-refractivity contribution in [1.82, 2.24) is 4.57 Å². The topological polar surface area (TPSA) is 118 Å². The van der Waals surface area contributed by atoms with Gasteiger partial charge in [0.05, 0.1) is 26.2 Å². The summed E-state index contributed by atoms with van der Waals surface area (Å²) in [6, 6.07) is 16.3. The fourth-order valence-corrected chi connectivity index (χ4v) is 4.93.